The van der Waals surface area contributed by atoms with Crippen LogP contribution in [0.25, 0.3) is 0 Å². The normalized spacial score (nSPS) is 13.7. The van der Waals surface area contributed by atoms with Gasteiger partial charge in [-0.1, -0.05) is 41.3 Å². The lowest BCUT2D eigenvalue weighted by Crippen LogP contribution is -2.48. The lowest BCUT2D eigenvalue weighted by atomic mass is 9.93. The Balaban J connectivity index is 1.53. The van der Waals surface area contributed by atoms with Crippen LogP contribution in [0.4, 0.5) is 0 Å². The molecule has 3 aromatic rings. The van der Waals surface area contributed by atoms with Crippen LogP contribution in [0.2, 0.25) is 0 Å². The first-order valence-electron chi connectivity index (χ1n) is 13.1. The zero-order chi connectivity index (χ0) is 26.9. The molecule has 202 valence electrons. The summed E-state index contributed by atoms with van der Waals surface area (Å²) in [5, 5.41) is 0. The van der Waals surface area contributed by atoms with E-state index < -0.39 is 0 Å². The number of rotatable bonds is 11. The minimum absolute atomic E-state index is 0.0339. The number of furan rings is 1. The minimum atomic E-state index is -0.101. The first-order valence-corrected chi connectivity index (χ1v) is 13.9. The van der Waals surface area contributed by atoms with Gasteiger partial charge in [-0.2, -0.15) is 0 Å². The number of carbonyl (C=O) groups is 2. The summed E-state index contributed by atoms with van der Waals surface area (Å²) in [6, 6.07) is 16.9. The van der Waals surface area contributed by atoms with Crippen molar-refractivity contribution in [1.82, 2.24) is 9.80 Å². The first-order chi connectivity index (χ1) is 18.5. The Hall–Kier alpha value is -3.26. The van der Waals surface area contributed by atoms with E-state index in [0.29, 0.717) is 42.3 Å². The maximum absolute atomic E-state index is 13.8. The van der Waals surface area contributed by atoms with Gasteiger partial charge in [-0.25, -0.2) is 0 Å². The average Bonchev–Trinajstić information content (AvgIpc) is 3.47. The van der Waals surface area contributed by atoms with Gasteiger partial charge in [0.2, 0.25) is 5.91 Å². The summed E-state index contributed by atoms with van der Waals surface area (Å²) in [4.78, 5) is 31.0. The molecule has 0 spiro atoms. The Morgan fingerprint density at radius 3 is 2.37 bits per heavy atom. The van der Waals surface area contributed by atoms with E-state index in [1.807, 2.05) is 54.6 Å². The zero-order valence-corrected chi connectivity index (χ0v) is 23.6. The van der Waals surface area contributed by atoms with Gasteiger partial charge < -0.3 is 23.7 Å². The zero-order valence-electron chi connectivity index (χ0n) is 22.0. The molecular weight excluding hydrogens is 548 g/mol. The second-order valence-electron chi connectivity index (χ2n) is 9.57. The van der Waals surface area contributed by atoms with E-state index in [9.17, 15) is 9.59 Å². The summed E-state index contributed by atoms with van der Waals surface area (Å²) in [7, 11) is 3.21. The van der Waals surface area contributed by atoms with Crippen molar-refractivity contribution in [3.8, 4) is 11.5 Å². The van der Waals surface area contributed by atoms with Gasteiger partial charge in [0.05, 0.1) is 27.0 Å². The summed E-state index contributed by atoms with van der Waals surface area (Å²) in [5.74, 6) is 1.81. The van der Waals surface area contributed by atoms with Crippen molar-refractivity contribution >= 4 is 27.7 Å². The van der Waals surface area contributed by atoms with Crippen LogP contribution in [0.5, 0.6) is 11.5 Å². The van der Waals surface area contributed by atoms with Gasteiger partial charge in [0.15, 0.2) is 11.5 Å². The summed E-state index contributed by atoms with van der Waals surface area (Å²) >= 11 is 3.44. The molecular formula is C30H35BrN2O5. The van der Waals surface area contributed by atoms with Crippen molar-refractivity contribution < 1.29 is 23.5 Å². The molecule has 8 heteroatoms. The van der Waals surface area contributed by atoms with E-state index in [1.165, 1.54) is 6.42 Å². The number of hydrogen-bond acceptors (Lipinski definition) is 5. The highest BCUT2D eigenvalue weighted by Crippen LogP contribution is 2.28. The van der Waals surface area contributed by atoms with Crippen molar-refractivity contribution in [2.45, 2.75) is 51.1 Å². The van der Waals surface area contributed by atoms with Crippen molar-refractivity contribution in [2.24, 2.45) is 0 Å². The topological polar surface area (TPSA) is 72.2 Å². The molecule has 0 atom stereocenters. The molecule has 1 heterocycles. The van der Waals surface area contributed by atoms with Crippen molar-refractivity contribution in [1.29, 1.82) is 0 Å². The van der Waals surface area contributed by atoms with Gasteiger partial charge in [-0.15, -0.1) is 0 Å². The number of benzene rings is 2. The van der Waals surface area contributed by atoms with Gasteiger partial charge in [0, 0.05) is 22.6 Å². The van der Waals surface area contributed by atoms with E-state index in [1.54, 1.807) is 30.3 Å². The third-order valence-electron chi connectivity index (χ3n) is 7.07. The molecule has 4 rings (SSSR count). The summed E-state index contributed by atoms with van der Waals surface area (Å²) < 4.78 is 17.3. The molecule has 0 saturated heterocycles. The summed E-state index contributed by atoms with van der Waals surface area (Å²) in [6.07, 6.45) is 7.37. The number of halogens is 1. The van der Waals surface area contributed by atoms with Crippen LogP contribution in [0.15, 0.2) is 69.8 Å². The maximum Gasteiger partial charge on any atom is 0.254 e. The summed E-state index contributed by atoms with van der Waals surface area (Å²) in [5.41, 5.74) is 1.62. The van der Waals surface area contributed by atoms with Crippen molar-refractivity contribution in [2.75, 3.05) is 27.3 Å². The van der Waals surface area contributed by atoms with Gasteiger partial charge in [0.25, 0.3) is 5.91 Å². The van der Waals surface area contributed by atoms with Crippen LogP contribution in [-0.4, -0.2) is 55.0 Å². The predicted molar refractivity (Wildman–Crippen MR) is 149 cm³/mol. The molecule has 0 unspecified atom stereocenters. The van der Waals surface area contributed by atoms with E-state index >= 15 is 0 Å². The quantitative estimate of drug-likeness (QED) is 0.273. The van der Waals surface area contributed by atoms with E-state index in [4.69, 9.17) is 13.9 Å². The number of methoxy groups -OCH3 is 2. The second-order valence-corrected chi connectivity index (χ2v) is 10.5. The Kier molecular flexibility index (Phi) is 9.87. The van der Waals surface area contributed by atoms with E-state index in [0.717, 1.165) is 35.7 Å². The van der Waals surface area contributed by atoms with Gasteiger partial charge in [0.1, 0.15) is 12.3 Å². The molecule has 2 aromatic carbocycles. The maximum atomic E-state index is 13.8. The number of carbonyl (C=O) groups excluding carboxylic acids is 2. The Morgan fingerprint density at radius 2 is 1.71 bits per heavy atom. The highest BCUT2D eigenvalue weighted by atomic mass is 79.9. The Bertz CT molecular complexity index is 1190. The standard InChI is InChI=1S/C30H35BrN2O5/c1-36-27-15-10-22(19-28(27)37-2)16-17-32(20-26-9-6-18-38-26)29(34)21-33(25-7-4-3-5-8-25)30(35)23-11-13-24(31)14-12-23/h6,9-15,18-19,25H,3-5,7-8,16-17,20-21H2,1-2H3. The fraction of sp³-hybridized carbons (Fsp3) is 0.400. The van der Waals surface area contributed by atoms with Crippen LogP contribution in [0, 0.1) is 0 Å². The van der Waals surface area contributed by atoms with Gasteiger partial charge in [-0.05, 0) is 73.4 Å². The minimum Gasteiger partial charge on any atom is -0.493 e. The van der Waals surface area contributed by atoms with Gasteiger partial charge >= 0.3 is 0 Å². The summed E-state index contributed by atoms with van der Waals surface area (Å²) in [6.45, 7) is 0.844. The number of hydrogen-bond donors (Lipinski definition) is 0. The third kappa shape index (κ3) is 7.19. The second kappa shape index (κ2) is 13.5. The molecule has 2 amide bonds. The molecule has 1 aliphatic carbocycles. The monoisotopic (exact) mass is 582 g/mol. The molecule has 0 bridgehead atoms. The van der Waals surface area contributed by atoms with Crippen LogP contribution >= 0.6 is 15.9 Å². The predicted octanol–water partition coefficient (Wildman–Crippen LogP) is 6.11. The fourth-order valence-corrected chi connectivity index (χ4v) is 5.21. The van der Waals surface area contributed by atoms with Crippen molar-refractivity contribution in [3.05, 3.63) is 82.2 Å². The molecule has 7 nitrogen and oxygen atoms in total. The number of amides is 2. The largest absolute Gasteiger partial charge is 0.493 e. The highest BCUT2D eigenvalue weighted by Gasteiger charge is 2.30. The van der Waals surface area contributed by atoms with Crippen molar-refractivity contribution in [3.63, 3.8) is 0 Å². The molecule has 1 aliphatic rings. The fourth-order valence-electron chi connectivity index (χ4n) is 4.95. The van der Waals surface area contributed by atoms with Crippen LogP contribution in [-0.2, 0) is 17.8 Å². The lowest BCUT2D eigenvalue weighted by molar-refractivity contribution is -0.133. The van der Waals surface area contributed by atoms with Crippen LogP contribution in [0.1, 0.15) is 53.8 Å². The first kappa shape index (κ1) is 27.8. The molecule has 0 N–H and O–H groups in total. The van der Waals surface area contributed by atoms with Crippen LogP contribution in [0.3, 0.4) is 0 Å². The molecule has 1 fully saturated rings. The molecule has 1 saturated carbocycles. The molecule has 1 aromatic heterocycles. The number of nitrogens with zero attached hydrogens (tertiary/aromatic N) is 2. The van der Waals surface area contributed by atoms with E-state index in [-0.39, 0.29) is 24.4 Å². The third-order valence-corrected chi connectivity index (χ3v) is 7.60. The highest BCUT2D eigenvalue weighted by molar-refractivity contribution is 9.10. The smallest absolute Gasteiger partial charge is 0.254 e. The van der Waals surface area contributed by atoms with Crippen LogP contribution < -0.4 is 9.47 Å². The molecule has 38 heavy (non-hydrogen) atoms. The molecule has 0 radical (unpaired) electrons. The Morgan fingerprint density at radius 1 is 0.974 bits per heavy atom. The lowest BCUT2D eigenvalue weighted by Gasteiger charge is -2.35. The Labute approximate surface area is 232 Å². The van der Waals surface area contributed by atoms with E-state index in [2.05, 4.69) is 15.9 Å². The SMILES string of the molecule is COc1ccc(CCN(Cc2ccco2)C(=O)CN(C(=O)c2ccc(Br)cc2)C2CCCCC2)cc1OC. The molecule has 0 aliphatic heterocycles. The van der Waals surface area contributed by atoms with Gasteiger partial charge in [-0.3, -0.25) is 9.59 Å². The number of ether oxygens (including phenoxy) is 2. The average molecular weight is 584 g/mol.